The molecule has 1 atom stereocenters. The number of rotatable bonds is 2. The van der Waals surface area contributed by atoms with Gasteiger partial charge in [0.1, 0.15) is 5.75 Å². The third-order valence-electron chi connectivity index (χ3n) is 1.63. The van der Waals surface area contributed by atoms with Crippen LogP contribution >= 0.6 is 31.9 Å². The maximum Gasteiger partial charge on any atom is 0.573 e. The fourth-order valence-electron chi connectivity index (χ4n) is 1.05. The number of hydrogen-bond donors (Lipinski definition) is 0. The van der Waals surface area contributed by atoms with Crippen LogP contribution in [0.3, 0.4) is 0 Å². The van der Waals surface area contributed by atoms with Crippen molar-refractivity contribution in [1.82, 2.24) is 0 Å². The van der Waals surface area contributed by atoms with Crippen molar-refractivity contribution in [2.45, 2.75) is 18.1 Å². The molecular formula is C9H7Br2F3O. The first-order valence-corrected chi connectivity index (χ1v) is 5.70. The summed E-state index contributed by atoms with van der Waals surface area (Å²) >= 11 is 6.29. The van der Waals surface area contributed by atoms with Crippen molar-refractivity contribution in [3.63, 3.8) is 0 Å². The molecule has 0 N–H and O–H groups in total. The summed E-state index contributed by atoms with van der Waals surface area (Å²) in [7, 11) is 0. The van der Waals surface area contributed by atoms with Gasteiger partial charge in [0.2, 0.25) is 0 Å². The first kappa shape index (κ1) is 12.8. The van der Waals surface area contributed by atoms with Crippen molar-refractivity contribution >= 4 is 31.9 Å². The molecule has 0 aliphatic rings. The van der Waals surface area contributed by atoms with E-state index >= 15 is 0 Å². The Bertz CT molecular complexity index is 350. The van der Waals surface area contributed by atoms with E-state index in [1.165, 1.54) is 6.07 Å². The maximum atomic E-state index is 12.1. The Morgan fingerprint density at radius 1 is 1.33 bits per heavy atom. The molecule has 0 spiro atoms. The van der Waals surface area contributed by atoms with E-state index in [9.17, 15) is 13.2 Å². The molecule has 1 rings (SSSR count). The van der Waals surface area contributed by atoms with E-state index in [-0.39, 0.29) is 10.6 Å². The van der Waals surface area contributed by atoms with Crippen LogP contribution in [0, 0.1) is 0 Å². The summed E-state index contributed by atoms with van der Waals surface area (Å²) in [6, 6.07) is 4.53. The monoisotopic (exact) mass is 346 g/mol. The molecule has 1 nitrogen and oxygen atoms in total. The minimum Gasteiger partial charge on any atom is -0.405 e. The van der Waals surface area contributed by atoms with Gasteiger partial charge in [0.05, 0.1) is 0 Å². The van der Waals surface area contributed by atoms with Gasteiger partial charge in [0.15, 0.2) is 0 Å². The van der Waals surface area contributed by atoms with E-state index < -0.39 is 6.36 Å². The van der Waals surface area contributed by atoms with Gasteiger partial charge in [-0.3, -0.25) is 0 Å². The molecule has 0 bridgehead atoms. The molecular weight excluding hydrogens is 341 g/mol. The number of alkyl halides is 4. The fourth-order valence-corrected chi connectivity index (χ4v) is 1.77. The quantitative estimate of drug-likeness (QED) is 0.698. The van der Waals surface area contributed by atoms with Crippen molar-refractivity contribution in [1.29, 1.82) is 0 Å². The highest BCUT2D eigenvalue weighted by Gasteiger charge is 2.32. The second kappa shape index (κ2) is 4.74. The van der Waals surface area contributed by atoms with Gasteiger partial charge in [-0.25, -0.2) is 0 Å². The minimum atomic E-state index is -4.67. The molecule has 0 aliphatic heterocycles. The molecule has 0 heterocycles. The lowest BCUT2D eigenvalue weighted by Crippen LogP contribution is -2.18. The SMILES string of the molecule is CC(Br)c1ccc(Br)cc1OC(F)(F)F. The summed E-state index contributed by atoms with van der Waals surface area (Å²) in [6.45, 7) is 1.73. The minimum absolute atomic E-state index is 0.193. The molecule has 84 valence electrons. The number of hydrogen-bond acceptors (Lipinski definition) is 1. The van der Waals surface area contributed by atoms with Crippen LogP contribution in [0.2, 0.25) is 0 Å². The summed E-state index contributed by atoms with van der Waals surface area (Å²) < 4.78 is 40.6. The molecule has 1 aromatic rings. The topological polar surface area (TPSA) is 9.23 Å². The Kier molecular flexibility index (Phi) is 4.06. The molecule has 0 fully saturated rings. The number of ether oxygens (including phenoxy) is 1. The first-order valence-electron chi connectivity index (χ1n) is 3.99. The molecule has 0 saturated heterocycles. The van der Waals surface area contributed by atoms with Crippen molar-refractivity contribution in [2.75, 3.05) is 0 Å². The van der Waals surface area contributed by atoms with Gasteiger partial charge in [-0.15, -0.1) is 13.2 Å². The largest absolute Gasteiger partial charge is 0.573 e. The average Bonchev–Trinajstić information content (AvgIpc) is 1.99. The molecule has 0 aliphatic carbocycles. The zero-order valence-corrected chi connectivity index (χ0v) is 10.8. The van der Waals surface area contributed by atoms with E-state index in [0.29, 0.717) is 10.0 Å². The Morgan fingerprint density at radius 2 is 1.93 bits per heavy atom. The normalized spacial score (nSPS) is 13.7. The third-order valence-corrected chi connectivity index (χ3v) is 2.62. The molecule has 15 heavy (non-hydrogen) atoms. The summed E-state index contributed by atoms with van der Waals surface area (Å²) in [5.41, 5.74) is 0.454. The van der Waals surface area contributed by atoms with Gasteiger partial charge in [0, 0.05) is 14.9 Å². The lowest BCUT2D eigenvalue weighted by atomic mass is 10.1. The maximum absolute atomic E-state index is 12.1. The van der Waals surface area contributed by atoms with Crippen LogP contribution in [0.4, 0.5) is 13.2 Å². The second-order valence-electron chi connectivity index (χ2n) is 2.85. The standard InChI is InChI=1S/C9H7Br2F3O/c1-5(10)7-3-2-6(11)4-8(7)15-9(12,13)14/h2-5H,1H3. The molecule has 1 unspecified atom stereocenters. The van der Waals surface area contributed by atoms with E-state index in [4.69, 9.17) is 0 Å². The zero-order valence-electron chi connectivity index (χ0n) is 7.61. The Labute approximate surface area is 102 Å². The first-order chi connectivity index (χ1) is 6.79. The summed E-state index contributed by atoms with van der Waals surface area (Å²) in [4.78, 5) is -0.206. The van der Waals surface area contributed by atoms with Gasteiger partial charge in [0.25, 0.3) is 0 Å². The smallest absolute Gasteiger partial charge is 0.405 e. The molecule has 0 radical (unpaired) electrons. The van der Waals surface area contributed by atoms with Crippen molar-refractivity contribution < 1.29 is 17.9 Å². The van der Waals surface area contributed by atoms with Crippen LogP contribution in [0.5, 0.6) is 5.75 Å². The van der Waals surface area contributed by atoms with Crippen molar-refractivity contribution in [3.8, 4) is 5.75 Å². The van der Waals surface area contributed by atoms with E-state index in [2.05, 4.69) is 36.6 Å². The van der Waals surface area contributed by atoms with Crippen LogP contribution in [0.25, 0.3) is 0 Å². The predicted octanol–water partition coefficient (Wildman–Crippen LogP) is 4.80. The fraction of sp³-hybridized carbons (Fsp3) is 0.333. The lowest BCUT2D eigenvalue weighted by Gasteiger charge is -2.14. The third kappa shape index (κ3) is 4.03. The van der Waals surface area contributed by atoms with Crippen molar-refractivity contribution in [2.24, 2.45) is 0 Å². The molecule has 1 aromatic carbocycles. The highest BCUT2D eigenvalue weighted by atomic mass is 79.9. The predicted molar refractivity (Wildman–Crippen MR) is 58.2 cm³/mol. The van der Waals surface area contributed by atoms with Crippen LogP contribution < -0.4 is 4.74 Å². The van der Waals surface area contributed by atoms with Gasteiger partial charge in [-0.2, -0.15) is 0 Å². The van der Waals surface area contributed by atoms with Crippen LogP contribution in [0.1, 0.15) is 17.3 Å². The highest BCUT2D eigenvalue weighted by Crippen LogP contribution is 2.35. The number of halogens is 5. The Morgan fingerprint density at radius 3 is 2.40 bits per heavy atom. The van der Waals surface area contributed by atoms with E-state index in [1.54, 1.807) is 19.1 Å². The Balaban J connectivity index is 3.08. The summed E-state index contributed by atoms with van der Waals surface area (Å²) in [6.07, 6.45) is -4.67. The molecule has 0 amide bonds. The van der Waals surface area contributed by atoms with Crippen LogP contribution in [-0.4, -0.2) is 6.36 Å². The van der Waals surface area contributed by atoms with Gasteiger partial charge >= 0.3 is 6.36 Å². The molecule has 0 saturated carbocycles. The van der Waals surface area contributed by atoms with Gasteiger partial charge < -0.3 is 4.74 Å². The van der Waals surface area contributed by atoms with Crippen LogP contribution in [0.15, 0.2) is 22.7 Å². The van der Waals surface area contributed by atoms with E-state index in [0.717, 1.165) is 0 Å². The van der Waals surface area contributed by atoms with Gasteiger partial charge in [-0.1, -0.05) is 37.9 Å². The summed E-state index contributed by atoms with van der Waals surface area (Å²) in [5.74, 6) is -0.193. The zero-order chi connectivity index (χ0) is 11.6. The lowest BCUT2D eigenvalue weighted by molar-refractivity contribution is -0.274. The average molecular weight is 348 g/mol. The van der Waals surface area contributed by atoms with Crippen molar-refractivity contribution in [3.05, 3.63) is 28.2 Å². The van der Waals surface area contributed by atoms with Gasteiger partial charge in [-0.05, 0) is 19.1 Å². The van der Waals surface area contributed by atoms with E-state index in [1.807, 2.05) is 0 Å². The summed E-state index contributed by atoms with van der Waals surface area (Å²) in [5, 5.41) is 0. The number of benzene rings is 1. The van der Waals surface area contributed by atoms with Crippen LogP contribution in [-0.2, 0) is 0 Å². The second-order valence-corrected chi connectivity index (χ2v) is 5.14. The highest BCUT2D eigenvalue weighted by molar-refractivity contribution is 9.10. The molecule has 6 heteroatoms. The Hall–Kier alpha value is -0.230. The molecule has 0 aromatic heterocycles.